The molecule has 2 rings (SSSR count). The summed E-state index contributed by atoms with van der Waals surface area (Å²) >= 11 is 0. The normalized spacial score (nSPS) is 14.5. The molecule has 25 heteroatoms. The smallest absolute Gasteiger partial charge is 0.326 e. The Hall–Kier alpha value is -7.22. The number of benzene rings is 2. The van der Waals surface area contributed by atoms with Gasteiger partial charge < -0.3 is 79.5 Å². The number of carbonyl (C=O) groups is 10. The molecule has 0 aliphatic rings. The highest BCUT2D eigenvalue weighted by Crippen LogP contribution is 2.13. The van der Waals surface area contributed by atoms with Gasteiger partial charge >= 0.3 is 5.97 Å². The number of aliphatic hydroxyl groups is 3. The van der Waals surface area contributed by atoms with Crippen molar-refractivity contribution < 1.29 is 73.5 Å². The fourth-order valence-electron chi connectivity index (χ4n) is 5.92. The molecule has 362 valence electrons. The summed E-state index contributed by atoms with van der Waals surface area (Å²) in [7, 11) is 0. The van der Waals surface area contributed by atoms with Gasteiger partial charge in [0.15, 0.2) is 0 Å². The summed E-state index contributed by atoms with van der Waals surface area (Å²) < 4.78 is 0. The van der Waals surface area contributed by atoms with Crippen molar-refractivity contribution >= 4 is 59.1 Å². The van der Waals surface area contributed by atoms with Crippen LogP contribution < -0.4 is 54.0 Å². The lowest BCUT2D eigenvalue weighted by Crippen LogP contribution is -2.62. The molecule has 25 nitrogen and oxygen atoms in total. The molecule has 0 aromatic heterocycles. The van der Waals surface area contributed by atoms with Gasteiger partial charge in [-0.2, -0.15) is 0 Å². The molecule has 2 aromatic rings. The lowest BCUT2D eigenvalue weighted by Gasteiger charge is -2.28. The van der Waals surface area contributed by atoms with Crippen LogP contribution in [0.5, 0.6) is 5.75 Å². The first-order chi connectivity index (χ1) is 31.3. The van der Waals surface area contributed by atoms with Crippen molar-refractivity contribution in [2.45, 2.75) is 81.8 Å². The Morgan fingerprint density at radius 2 is 1.00 bits per heavy atom. The van der Waals surface area contributed by atoms with E-state index in [4.69, 9.17) is 11.5 Å². The van der Waals surface area contributed by atoms with E-state index in [0.29, 0.717) is 11.1 Å². The van der Waals surface area contributed by atoms with Crippen molar-refractivity contribution in [3.8, 4) is 5.75 Å². The fourth-order valence-corrected chi connectivity index (χ4v) is 5.92. The lowest BCUT2D eigenvalue weighted by molar-refractivity contribution is -0.142. The number of nitrogens with one attached hydrogen (secondary N) is 8. The number of aliphatic carboxylic acids is 1. The van der Waals surface area contributed by atoms with Crippen molar-refractivity contribution in [1.82, 2.24) is 42.5 Å². The molecule has 0 saturated heterocycles. The Kier molecular flexibility index (Phi) is 23.2. The molecule has 0 saturated carbocycles. The molecule has 0 spiro atoms. The molecule has 0 heterocycles. The number of hydrogen-bond acceptors (Lipinski definition) is 15. The highest BCUT2D eigenvalue weighted by atomic mass is 16.4. The minimum absolute atomic E-state index is 0.115. The van der Waals surface area contributed by atoms with Crippen molar-refractivity contribution in [2.24, 2.45) is 17.4 Å². The number of primary amides is 1. The van der Waals surface area contributed by atoms with E-state index < -0.39 is 147 Å². The molecule has 17 N–H and O–H groups in total. The highest BCUT2D eigenvalue weighted by Gasteiger charge is 2.35. The molecule has 66 heavy (non-hydrogen) atoms. The fraction of sp³-hybridized carbons (Fsp3) is 0.463. The molecule has 0 fully saturated rings. The van der Waals surface area contributed by atoms with Crippen molar-refractivity contribution in [3.63, 3.8) is 0 Å². The lowest BCUT2D eigenvalue weighted by atomic mass is 9.97. The zero-order valence-corrected chi connectivity index (χ0v) is 36.2. The van der Waals surface area contributed by atoms with E-state index in [1.165, 1.54) is 31.2 Å². The molecule has 0 bridgehead atoms. The number of carbonyl (C=O) groups excluding carboxylic acids is 9. The van der Waals surface area contributed by atoms with Crippen LogP contribution in [0.15, 0.2) is 54.6 Å². The Morgan fingerprint density at radius 1 is 0.561 bits per heavy atom. The van der Waals surface area contributed by atoms with Gasteiger partial charge in [0.1, 0.15) is 48.0 Å². The summed E-state index contributed by atoms with van der Waals surface area (Å²) in [5, 5.41) is 67.6. The number of carboxylic acids is 1. The number of rotatable bonds is 28. The van der Waals surface area contributed by atoms with Crippen LogP contribution in [-0.2, 0) is 60.8 Å². The molecule has 9 amide bonds. The van der Waals surface area contributed by atoms with Crippen LogP contribution in [0, 0.1) is 5.92 Å². The Morgan fingerprint density at radius 3 is 1.52 bits per heavy atom. The number of aromatic hydroxyl groups is 1. The third-order valence-electron chi connectivity index (χ3n) is 9.83. The molecule has 0 aliphatic carbocycles. The van der Waals surface area contributed by atoms with Crippen molar-refractivity contribution in [3.05, 3.63) is 65.7 Å². The summed E-state index contributed by atoms with van der Waals surface area (Å²) in [4.78, 5) is 128. The Bertz CT molecular complexity index is 2010. The summed E-state index contributed by atoms with van der Waals surface area (Å²) in [6, 6.07) is 2.14. The second-order valence-electron chi connectivity index (χ2n) is 14.9. The Labute approximate surface area is 378 Å². The third-order valence-corrected chi connectivity index (χ3v) is 9.83. The van der Waals surface area contributed by atoms with Crippen LogP contribution in [0.25, 0.3) is 0 Å². The van der Waals surface area contributed by atoms with Gasteiger partial charge in [-0.3, -0.25) is 43.2 Å². The first-order valence-corrected chi connectivity index (χ1v) is 20.5. The van der Waals surface area contributed by atoms with Gasteiger partial charge in [0.2, 0.25) is 53.2 Å². The van der Waals surface area contributed by atoms with Crippen LogP contribution in [0.3, 0.4) is 0 Å². The largest absolute Gasteiger partial charge is 0.508 e. The van der Waals surface area contributed by atoms with Gasteiger partial charge in [-0.25, -0.2) is 4.79 Å². The average Bonchev–Trinajstić information content (AvgIpc) is 3.29. The number of carboxylic acid groups (broad SMARTS) is 1. The van der Waals surface area contributed by atoms with Gasteiger partial charge in [-0.05, 0) is 29.2 Å². The minimum atomic E-state index is -1.90. The van der Waals surface area contributed by atoms with Crippen LogP contribution in [0.1, 0.15) is 37.8 Å². The second-order valence-corrected chi connectivity index (χ2v) is 14.9. The molecular formula is C41H58N10O15. The van der Waals surface area contributed by atoms with Crippen molar-refractivity contribution in [1.29, 1.82) is 0 Å². The quantitative estimate of drug-likeness (QED) is 0.0377. The van der Waals surface area contributed by atoms with E-state index in [0.717, 1.165) is 0 Å². The molecule has 8 atom stereocenters. The van der Waals surface area contributed by atoms with E-state index in [2.05, 4.69) is 42.5 Å². The molecule has 0 unspecified atom stereocenters. The summed E-state index contributed by atoms with van der Waals surface area (Å²) in [5.74, 6) is -11.6. The van der Waals surface area contributed by atoms with Gasteiger partial charge in [-0.1, -0.05) is 62.7 Å². The minimum Gasteiger partial charge on any atom is -0.508 e. The van der Waals surface area contributed by atoms with Crippen LogP contribution in [-0.4, -0.2) is 160 Å². The summed E-state index contributed by atoms with van der Waals surface area (Å²) in [6.45, 7) is -0.960. The van der Waals surface area contributed by atoms with E-state index in [9.17, 15) is 73.5 Å². The third kappa shape index (κ3) is 18.5. The van der Waals surface area contributed by atoms with Crippen LogP contribution in [0.4, 0.5) is 0 Å². The topological polar surface area (TPSA) is 420 Å². The average molecular weight is 931 g/mol. The van der Waals surface area contributed by atoms with E-state index in [1.807, 2.05) is 0 Å². The predicted octanol–water partition coefficient (Wildman–Crippen LogP) is -6.37. The number of phenols is 1. The molecule has 0 radical (unpaired) electrons. The first-order valence-electron chi connectivity index (χ1n) is 20.5. The number of phenolic OH excluding ortho intramolecular Hbond substituents is 1. The van der Waals surface area contributed by atoms with E-state index in [-0.39, 0.29) is 25.0 Å². The SMILES string of the molecule is CC[C@H](C)[C@H](NC(=O)[C@H](CO)NC(=O)CNC(=O)CN)C(=O)N[C@@H](CO)C(=O)N[C@@H](CC(N)=O)C(=O)N[C@@H](CO)C(=O)N[C@@H](Cc1ccc(O)cc1)C(=O)N[C@@H](Cc1ccccc1)C(=O)O. The maximum absolute atomic E-state index is 13.6. The van der Waals surface area contributed by atoms with Crippen LogP contribution in [0.2, 0.25) is 0 Å². The summed E-state index contributed by atoms with van der Waals surface area (Å²) in [6.07, 6.45) is -1.06. The Balaban J connectivity index is 2.25. The van der Waals surface area contributed by atoms with Gasteiger partial charge in [0.25, 0.3) is 0 Å². The number of nitrogens with two attached hydrogens (primary N) is 2. The van der Waals surface area contributed by atoms with E-state index in [1.54, 1.807) is 37.3 Å². The summed E-state index contributed by atoms with van der Waals surface area (Å²) in [5.41, 5.74) is 11.5. The van der Waals surface area contributed by atoms with E-state index >= 15 is 0 Å². The zero-order valence-electron chi connectivity index (χ0n) is 36.2. The van der Waals surface area contributed by atoms with Crippen molar-refractivity contribution in [2.75, 3.05) is 32.9 Å². The van der Waals surface area contributed by atoms with Crippen LogP contribution >= 0.6 is 0 Å². The maximum atomic E-state index is 13.6. The first kappa shape index (κ1) is 54.9. The predicted molar refractivity (Wildman–Crippen MR) is 230 cm³/mol. The molecular weight excluding hydrogens is 873 g/mol. The monoisotopic (exact) mass is 930 g/mol. The molecule has 0 aliphatic heterocycles. The zero-order chi connectivity index (χ0) is 49.5. The van der Waals surface area contributed by atoms with Gasteiger partial charge in [0, 0.05) is 12.8 Å². The number of amides is 9. The number of aliphatic hydroxyl groups excluding tert-OH is 3. The van der Waals surface area contributed by atoms with Gasteiger partial charge in [-0.15, -0.1) is 0 Å². The number of hydrogen-bond donors (Lipinski definition) is 15. The maximum Gasteiger partial charge on any atom is 0.326 e. The highest BCUT2D eigenvalue weighted by molar-refractivity contribution is 5.99. The standard InChI is InChI=1S/C41H58N10O15/c1-3-21(2)34(51-39(63)28(18-52)45-33(58)17-44-32(57)16-42)40(64)50-30(20-54)38(62)47-26(15-31(43)56)36(60)49-29(19-53)37(61)46-25(13-23-9-11-24(55)12-10-23)35(59)48-27(41(65)66)14-22-7-5-4-6-8-22/h4-12,21,25-30,34,52-55H,3,13-20,42H2,1-2H3,(H2,43,56)(H,44,57)(H,45,58)(H,46,61)(H,47,62)(H,48,59)(H,49,60)(H,50,64)(H,51,63)(H,65,66)/t21-,25-,26-,27-,28-,29-,30-,34-/m0/s1. The molecule has 2 aromatic carbocycles. The van der Waals surface area contributed by atoms with Gasteiger partial charge in [0.05, 0.1) is 39.3 Å². The second kappa shape index (κ2) is 27.9.